The Morgan fingerprint density at radius 2 is 1.76 bits per heavy atom. The van der Waals surface area contributed by atoms with E-state index in [9.17, 15) is 0 Å². The molecule has 0 aliphatic carbocycles. The summed E-state index contributed by atoms with van der Waals surface area (Å²) >= 11 is 3.46. The molecule has 0 aliphatic heterocycles. The highest BCUT2D eigenvalue weighted by Crippen LogP contribution is 2.19. The van der Waals surface area contributed by atoms with Crippen molar-refractivity contribution in [1.82, 2.24) is 15.3 Å². The molecule has 3 rings (SSSR count). The van der Waals surface area contributed by atoms with Crippen LogP contribution in [0.4, 0.5) is 0 Å². The van der Waals surface area contributed by atoms with E-state index in [4.69, 9.17) is 4.98 Å². The lowest BCUT2D eigenvalue weighted by atomic mass is 10.0. The molecular weight excluding hydrogens is 326 g/mol. The molecule has 4 heteroatoms. The van der Waals surface area contributed by atoms with Gasteiger partial charge in [0.1, 0.15) is 0 Å². The molecule has 0 bridgehead atoms. The lowest BCUT2D eigenvalue weighted by Crippen LogP contribution is -2.20. The second-order valence-electron chi connectivity index (χ2n) is 4.96. The van der Waals surface area contributed by atoms with Gasteiger partial charge in [-0.15, -0.1) is 0 Å². The van der Waals surface area contributed by atoms with Gasteiger partial charge in [0, 0.05) is 4.47 Å². The summed E-state index contributed by atoms with van der Waals surface area (Å²) in [6, 6.07) is 16.5. The van der Waals surface area contributed by atoms with Crippen LogP contribution < -0.4 is 5.32 Å². The van der Waals surface area contributed by atoms with Crippen LogP contribution in [0.25, 0.3) is 11.0 Å². The van der Waals surface area contributed by atoms with Crippen molar-refractivity contribution in [3.05, 3.63) is 70.5 Å². The first-order valence-corrected chi connectivity index (χ1v) is 7.69. The zero-order chi connectivity index (χ0) is 14.7. The molecule has 0 radical (unpaired) electrons. The Morgan fingerprint density at radius 3 is 2.48 bits per heavy atom. The highest BCUT2D eigenvalue weighted by atomic mass is 79.9. The molecule has 0 amide bonds. The van der Waals surface area contributed by atoms with Crippen LogP contribution in [-0.2, 0) is 6.42 Å². The van der Waals surface area contributed by atoms with Gasteiger partial charge >= 0.3 is 0 Å². The Labute approximate surface area is 132 Å². The molecule has 1 aromatic heterocycles. The molecule has 1 atom stereocenters. The zero-order valence-electron chi connectivity index (χ0n) is 11.8. The van der Waals surface area contributed by atoms with Crippen LogP contribution >= 0.6 is 15.9 Å². The van der Waals surface area contributed by atoms with Gasteiger partial charge in [-0.3, -0.25) is 4.98 Å². The number of aromatic nitrogens is 2. The van der Waals surface area contributed by atoms with E-state index < -0.39 is 0 Å². The Bertz CT molecular complexity index is 740. The normalized spacial score (nSPS) is 12.5. The van der Waals surface area contributed by atoms with Crippen molar-refractivity contribution in [3.8, 4) is 0 Å². The number of para-hydroxylation sites is 2. The van der Waals surface area contributed by atoms with Crippen molar-refractivity contribution in [2.45, 2.75) is 12.5 Å². The van der Waals surface area contributed by atoms with Crippen LogP contribution in [0.2, 0.25) is 0 Å². The van der Waals surface area contributed by atoms with E-state index in [1.807, 2.05) is 37.5 Å². The quantitative estimate of drug-likeness (QED) is 0.782. The first-order chi connectivity index (χ1) is 10.3. The number of halogens is 1. The summed E-state index contributed by atoms with van der Waals surface area (Å²) in [7, 11) is 1.96. The van der Waals surface area contributed by atoms with Crippen LogP contribution in [0.15, 0.2) is 59.2 Å². The average Bonchev–Trinajstić information content (AvgIpc) is 2.54. The fourth-order valence-electron chi connectivity index (χ4n) is 2.35. The highest BCUT2D eigenvalue weighted by Gasteiger charge is 2.12. The van der Waals surface area contributed by atoms with Gasteiger partial charge in [-0.25, -0.2) is 4.98 Å². The summed E-state index contributed by atoms with van der Waals surface area (Å²) in [6.45, 7) is 0. The molecule has 0 saturated heterocycles. The molecular formula is C17H16BrN3. The third-order valence-corrected chi connectivity index (χ3v) is 4.05. The van der Waals surface area contributed by atoms with Crippen molar-refractivity contribution < 1.29 is 0 Å². The molecule has 0 aliphatic rings. The second-order valence-corrected chi connectivity index (χ2v) is 5.87. The average molecular weight is 342 g/mol. The summed E-state index contributed by atoms with van der Waals surface area (Å²) in [5, 5.41) is 3.33. The van der Waals surface area contributed by atoms with Crippen LogP contribution in [0.3, 0.4) is 0 Å². The van der Waals surface area contributed by atoms with Gasteiger partial charge in [0.2, 0.25) is 0 Å². The third-order valence-electron chi connectivity index (χ3n) is 3.53. The molecule has 0 fully saturated rings. The van der Waals surface area contributed by atoms with Crippen LogP contribution in [0, 0.1) is 0 Å². The van der Waals surface area contributed by atoms with Crippen LogP contribution in [-0.4, -0.2) is 17.0 Å². The summed E-state index contributed by atoms with van der Waals surface area (Å²) in [5.41, 5.74) is 4.11. The maximum absolute atomic E-state index is 4.73. The first-order valence-electron chi connectivity index (χ1n) is 6.89. The molecule has 1 unspecified atom stereocenters. The van der Waals surface area contributed by atoms with Gasteiger partial charge in [0.05, 0.1) is 29.0 Å². The predicted molar refractivity (Wildman–Crippen MR) is 89.2 cm³/mol. The number of hydrogen-bond donors (Lipinski definition) is 1. The molecule has 3 nitrogen and oxygen atoms in total. The number of nitrogens with zero attached hydrogens (tertiary/aromatic N) is 2. The SMILES string of the molecule is CNC(Cc1ccc(Br)cc1)c1cnc2ccccc2n1. The number of nitrogens with one attached hydrogen (secondary N) is 1. The fraction of sp³-hybridized carbons (Fsp3) is 0.176. The third kappa shape index (κ3) is 3.28. The second kappa shape index (κ2) is 6.33. The molecule has 21 heavy (non-hydrogen) atoms. The zero-order valence-corrected chi connectivity index (χ0v) is 13.3. The van der Waals surface area contributed by atoms with Gasteiger partial charge in [0.25, 0.3) is 0 Å². The highest BCUT2D eigenvalue weighted by molar-refractivity contribution is 9.10. The van der Waals surface area contributed by atoms with Gasteiger partial charge in [-0.1, -0.05) is 40.2 Å². The lowest BCUT2D eigenvalue weighted by Gasteiger charge is -2.16. The molecule has 1 N–H and O–H groups in total. The van der Waals surface area contributed by atoms with E-state index in [-0.39, 0.29) is 6.04 Å². The maximum Gasteiger partial charge on any atom is 0.0890 e. The monoisotopic (exact) mass is 341 g/mol. The number of fused-ring (bicyclic) bond motifs is 1. The lowest BCUT2D eigenvalue weighted by molar-refractivity contribution is 0.576. The van der Waals surface area contributed by atoms with Gasteiger partial charge in [-0.05, 0) is 43.3 Å². The van der Waals surface area contributed by atoms with E-state index in [1.165, 1.54) is 5.56 Å². The van der Waals surface area contributed by atoms with Crippen molar-refractivity contribution in [1.29, 1.82) is 0 Å². The number of hydrogen-bond acceptors (Lipinski definition) is 3. The number of likely N-dealkylation sites (N-methyl/N-ethyl adjacent to an activating group) is 1. The van der Waals surface area contributed by atoms with Gasteiger partial charge in [0.15, 0.2) is 0 Å². The topological polar surface area (TPSA) is 37.8 Å². The van der Waals surface area contributed by atoms with E-state index >= 15 is 0 Å². The summed E-state index contributed by atoms with van der Waals surface area (Å²) in [6.07, 6.45) is 2.75. The predicted octanol–water partition coefficient (Wildman–Crippen LogP) is 3.90. The Morgan fingerprint density at radius 1 is 1.05 bits per heavy atom. The molecule has 0 saturated carbocycles. The number of rotatable bonds is 4. The summed E-state index contributed by atoms with van der Waals surface area (Å²) < 4.78 is 1.10. The van der Waals surface area contributed by atoms with Crippen LogP contribution in [0.1, 0.15) is 17.3 Å². The summed E-state index contributed by atoms with van der Waals surface area (Å²) in [4.78, 5) is 9.22. The fourth-order valence-corrected chi connectivity index (χ4v) is 2.61. The van der Waals surface area contributed by atoms with Crippen LogP contribution in [0.5, 0.6) is 0 Å². The van der Waals surface area contributed by atoms with Crippen molar-refractivity contribution in [2.75, 3.05) is 7.05 Å². The van der Waals surface area contributed by atoms with Crippen molar-refractivity contribution in [2.24, 2.45) is 0 Å². The number of benzene rings is 2. The first kappa shape index (κ1) is 14.2. The molecule has 2 aromatic carbocycles. The largest absolute Gasteiger partial charge is 0.311 e. The Kier molecular flexibility index (Phi) is 4.27. The minimum Gasteiger partial charge on any atom is -0.311 e. The minimum absolute atomic E-state index is 0.156. The molecule has 0 spiro atoms. The van der Waals surface area contributed by atoms with Gasteiger partial charge in [-0.2, -0.15) is 0 Å². The Balaban J connectivity index is 1.88. The van der Waals surface area contributed by atoms with E-state index in [0.29, 0.717) is 0 Å². The van der Waals surface area contributed by atoms with E-state index in [2.05, 4.69) is 50.5 Å². The molecule has 106 valence electrons. The maximum atomic E-state index is 4.73. The Hall–Kier alpha value is -1.78. The van der Waals surface area contributed by atoms with E-state index in [1.54, 1.807) is 0 Å². The summed E-state index contributed by atoms with van der Waals surface area (Å²) in [5.74, 6) is 0. The van der Waals surface area contributed by atoms with E-state index in [0.717, 1.165) is 27.6 Å². The molecule has 1 heterocycles. The molecule has 3 aromatic rings. The van der Waals surface area contributed by atoms with Crippen molar-refractivity contribution in [3.63, 3.8) is 0 Å². The van der Waals surface area contributed by atoms with Gasteiger partial charge < -0.3 is 5.32 Å². The standard InChI is InChI=1S/C17H16BrN3/c1-19-16(10-12-6-8-13(18)9-7-12)17-11-20-14-4-2-3-5-15(14)21-17/h2-9,11,16,19H,10H2,1H3. The smallest absolute Gasteiger partial charge is 0.0890 e. The minimum atomic E-state index is 0.156. The van der Waals surface area contributed by atoms with Crippen molar-refractivity contribution >= 4 is 27.0 Å².